The number of nitrogens with zero attached hydrogens (tertiary/aromatic N) is 8. The van der Waals surface area contributed by atoms with Gasteiger partial charge in [-0.1, -0.05) is 24.3 Å². The molecule has 2 atom stereocenters. The van der Waals surface area contributed by atoms with Crippen LogP contribution in [0.25, 0.3) is 0 Å². The molecular formula is C37H53N9O2. The molecule has 2 aromatic rings. The second kappa shape index (κ2) is 16.6. The monoisotopic (exact) mass is 655 g/mol. The number of carbonyl (C=O) groups is 1. The van der Waals surface area contributed by atoms with Crippen LogP contribution in [0.15, 0.2) is 36.4 Å². The maximum Gasteiger partial charge on any atom is 0.246 e. The van der Waals surface area contributed by atoms with E-state index in [9.17, 15) is 10.1 Å². The fourth-order valence-corrected chi connectivity index (χ4v) is 7.52. The number of hydrogen-bond acceptors (Lipinski definition) is 10. The number of fused-ring (bicyclic) bond motifs is 2. The Morgan fingerprint density at radius 3 is 2.65 bits per heavy atom. The Hall–Kier alpha value is -3.72. The van der Waals surface area contributed by atoms with E-state index in [0.29, 0.717) is 32.1 Å². The highest BCUT2D eigenvalue weighted by Crippen LogP contribution is 2.33. The van der Waals surface area contributed by atoms with Crippen LogP contribution in [-0.4, -0.2) is 129 Å². The molecule has 4 aliphatic heterocycles. The molecular weight excluding hydrogens is 602 g/mol. The normalized spacial score (nSPS) is 22.8. The number of para-hydroxylation sites is 1. The summed E-state index contributed by atoms with van der Waals surface area (Å²) < 4.78 is 5.40. The van der Waals surface area contributed by atoms with Gasteiger partial charge in [0.1, 0.15) is 5.82 Å². The number of ether oxygens (including phenoxy) is 1. The number of hydrogen-bond donors (Lipinski definition) is 1. The summed E-state index contributed by atoms with van der Waals surface area (Å²) in [4.78, 5) is 34.5. The number of anilines is 3. The van der Waals surface area contributed by atoms with Gasteiger partial charge in [-0.2, -0.15) is 10.2 Å². The molecule has 1 aliphatic carbocycles. The Bertz CT molecular complexity index is 1430. The molecule has 0 bridgehead atoms. The summed E-state index contributed by atoms with van der Waals surface area (Å²) in [6, 6.07) is 11.2. The van der Waals surface area contributed by atoms with Gasteiger partial charge in [0, 0.05) is 82.3 Å². The van der Waals surface area contributed by atoms with Gasteiger partial charge in [-0.25, -0.2) is 4.98 Å². The van der Waals surface area contributed by atoms with Crippen LogP contribution < -0.4 is 15.1 Å². The third-order valence-corrected chi connectivity index (χ3v) is 10.4. The van der Waals surface area contributed by atoms with Gasteiger partial charge < -0.3 is 29.7 Å². The minimum atomic E-state index is -0.156. The molecule has 3 saturated heterocycles. The van der Waals surface area contributed by atoms with Gasteiger partial charge in [-0.3, -0.25) is 9.69 Å². The molecule has 5 heterocycles. The first kappa shape index (κ1) is 34.2. The first-order chi connectivity index (χ1) is 23.5. The van der Waals surface area contributed by atoms with Crippen molar-refractivity contribution in [2.24, 2.45) is 0 Å². The minimum Gasteiger partial charge on any atom is -0.385 e. The Labute approximate surface area is 286 Å². The van der Waals surface area contributed by atoms with Crippen LogP contribution in [-0.2, 0) is 28.8 Å². The van der Waals surface area contributed by atoms with E-state index in [4.69, 9.17) is 14.7 Å². The number of benzene rings is 1. The molecule has 7 rings (SSSR count). The van der Waals surface area contributed by atoms with Crippen molar-refractivity contribution >= 4 is 23.4 Å². The third-order valence-electron chi connectivity index (χ3n) is 10.4. The Morgan fingerprint density at radius 2 is 1.85 bits per heavy atom. The summed E-state index contributed by atoms with van der Waals surface area (Å²) in [5.41, 5.74) is 5.25. The van der Waals surface area contributed by atoms with Crippen LogP contribution in [0.2, 0.25) is 0 Å². The maximum atomic E-state index is 13.1. The maximum absolute atomic E-state index is 13.1. The van der Waals surface area contributed by atoms with Gasteiger partial charge in [0.15, 0.2) is 0 Å². The predicted molar refractivity (Wildman–Crippen MR) is 191 cm³/mol. The van der Waals surface area contributed by atoms with E-state index in [1.807, 2.05) is 11.0 Å². The Morgan fingerprint density at radius 1 is 1.02 bits per heavy atom. The van der Waals surface area contributed by atoms with Crippen molar-refractivity contribution in [3.05, 3.63) is 53.2 Å². The van der Waals surface area contributed by atoms with Crippen molar-refractivity contribution in [3.63, 3.8) is 0 Å². The molecule has 3 fully saturated rings. The zero-order chi connectivity index (χ0) is 33.3. The molecule has 11 nitrogen and oxygen atoms in total. The van der Waals surface area contributed by atoms with Crippen molar-refractivity contribution < 1.29 is 9.53 Å². The van der Waals surface area contributed by atoms with E-state index in [-0.39, 0.29) is 11.9 Å². The standard InChI is InChI=1S/C28H42N8O2.C9H11N/c1-32(2)22-10-13-35(20-22)28-30-25-7-4-3-6-24(25)27(31-28)34-14-15-36(23(21-34)9-11-29)26(37)8-5-12-33-16-18-38-19-17-33;1-2-6-9-8(4-1)5-3-7-10-9/h5,8,22-23H,3-4,6-7,9-10,12-21H2,1-2H3;1-2,4,6,10H,3,5,7H2/b8-5+;/t22-,23-;/m0./s1. The number of aryl methyl sites for hydroxylation is 2. The summed E-state index contributed by atoms with van der Waals surface area (Å²) in [6.07, 6.45) is 11.9. The highest BCUT2D eigenvalue weighted by molar-refractivity contribution is 5.88. The van der Waals surface area contributed by atoms with E-state index in [1.165, 1.54) is 41.8 Å². The lowest BCUT2D eigenvalue weighted by Crippen LogP contribution is -2.55. The van der Waals surface area contributed by atoms with E-state index in [0.717, 1.165) is 89.9 Å². The average molecular weight is 656 g/mol. The Balaban J connectivity index is 0.000000340. The van der Waals surface area contributed by atoms with Crippen LogP contribution in [0.1, 0.15) is 48.9 Å². The fourth-order valence-electron chi connectivity index (χ4n) is 7.52. The molecule has 0 spiro atoms. The average Bonchev–Trinajstić information content (AvgIpc) is 3.63. The molecule has 0 radical (unpaired) electrons. The second-order valence-corrected chi connectivity index (χ2v) is 13.8. The summed E-state index contributed by atoms with van der Waals surface area (Å²) >= 11 is 0. The van der Waals surface area contributed by atoms with Crippen LogP contribution in [0, 0.1) is 11.3 Å². The molecule has 1 amide bonds. The number of nitrogens with one attached hydrogen (secondary N) is 1. The number of morpholine rings is 1. The summed E-state index contributed by atoms with van der Waals surface area (Å²) in [5.74, 6) is 1.86. The number of piperazine rings is 1. The fraction of sp³-hybridized carbons (Fsp3) is 0.622. The molecule has 1 aromatic carbocycles. The van der Waals surface area contributed by atoms with Gasteiger partial charge in [-0.05, 0) is 70.7 Å². The zero-order valence-electron chi connectivity index (χ0n) is 28.9. The highest BCUT2D eigenvalue weighted by atomic mass is 16.5. The van der Waals surface area contributed by atoms with E-state index in [2.05, 4.69) is 69.3 Å². The number of carbonyl (C=O) groups excluding carboxylic acids is 1. The number of likely N-dealkylation sites (N-methyl/N-ethyl adjacent to an activating group) is 1. The highest BCUT2D eigenvalue weighted by Gasteiger charge is 2.34. The van der Waals surface area contributed by atoms with Gasteiger partial charge in [0.2, 0.25) is 11.9 Å². The van der Waals surface area contributed by atoms with Gasteiger partial charge in [0.05, 0.1) is 37.4 Å². The molecule has 258 valence electrons. The summed E-state index contributed by atoms with van der Waals surface area (Å²) in [5, 5.41) is 13.0. The quantitative estimate of drug-likeness (QED) is 0.447. The van der Waals surface area contributed by atoms with E-state index < -0.39 is 0 Å². The van der Waals surface area contributed by atoms with Gasteiger partial charge >= 0.3 is 0 Å². The Kier molecular flexibility index (Phi) is 11.8. The lowest BCUT2D eigenvalue weighted by atomic mass is 9.95. The third kappa shape index (κ3) is 8.46. The smallest absolute Gasteiger partial charge is 0.246 e. The van der Waals surface area contributed by atoms with E-state index >= 15 is 0 Å². The second-order valence-electron chi connectivity index (χ2n) is 13.8. The molecule has 11 heteroatoms. The number of nitriles is 1. The minimum absolute atomic E-state index is 0.00430. The van der Waals surface area contributed by atoms with Gasteiger partial charge in [-0.15, -0.1) is 0 Å². The number of rotatable bonds is 7. The van der Waals surface area contributed by atoms with E-state index in [1.54, 1.807) is 6.08 Å². The lowest BCUT2D eigenvalue weighted by molar-refractivity contribution is -0.128. The van der Waals surface area contributed by atoms with Crippen molar-refractivity contribution in [2.75, 3.05) is 101 Å². The molecule has 1 aromatic heterocycles. The van der Waals surface area contributed by atoms with Crippen molar-refractivity contribution in [3.8, 4) is 6.07 Å². The molecule has 0 saturated carbocycles. The molecule has 1 N–H and O–H groups in total. The van der Waals surface area contributed by atoms with Crippen molar-refractivity contribution in [1.29, 1.82) is 5.26 Å². The predicted octanol–water partition coefficient (Wildman–Crippen LogP) is 3.36. The number of aromatic nitrogens is 2. The van der Waals surface area contributed by atoms with Crippen LogP contribution in [0.3, 0.4) is 0 Å². The van der Waals surface area contributed by atoms with Crippen LogP contribution in [0.5, 0.6) is 0 Å². The van der Waals surface area contributed by atoms with Crippen molar-refractivity contribution in [1.82, 2.24) is 24.7 Å². The summed E-state index contributed by atoms with van der Waals surface area (Å²) in [7, 11) is 4.28. The molecule has 48 heavy (non-hydrogen) atoms. The molecule has 0 unspecified atom stereocenters. The zero-order valence-corrected chi connectivity index (χ0v) is 28.9. The van der Waals surface area contributed by atoms with Gasteiger partial charge in [0.25, 0.3) is 0 Å². The summed E-state index contributed by atoms with van der Waals surface area (Å²) in [6.45, 7) is 9.02. The van der Waals surface area contributed by atoms with Crippen LogP contribution in [0.4, 0.5) is 17.5 Å². The van der Waals surface area contributed by atoms with Crippen molar-refractivity contribution in [2.45, 2.75) is 63.5 Å². The first-order valence-electron chi connectivity index (χ1n) is 18.0. The molecule has 5 aliphatic rings. The van der Waals surface area contributed by atoms with Crippen LogP contribution >= 0.6 is 0 Å². The number of amides is 1. The topological polar surface area (TPSA) is 104 Å². The lowest BCUT2D eigenvalue weighted by Gasteiger charge is -2.42. The SMILES string of the molecule is CN(C)[C@H]1CCN(c2nc3c(c(N4CCN(C(=O)/C=C/CN5CCOCC5)[C@@H](CC#N)C4)n2)CCCC3)C1.c1ccc2c(c1)CCCN2. The largest absolute Gasteiger partial charge is 0.385 e. The first-order valence-corrected chi connectivity index (χ1v) is 18.0.